The van der Waals surface area contributed by atoms with E-state index >= 15 is 0 Å². The predicted octanol–water partition coefficient (Wildman–Crippen LogP) is 0.299. The maximum absolute atomic E-state index is 4.02. The first-order valence-electron chi connectivity index (χ1n) is 3.23. The summed E-state index contributed by atoms with van der Waals surface area (Å²) in [6.45, 7) is 1.95. The minimum Gasteiger partial charge on any atom is -0.281 e. The standard InChI is InChI=1S/C6H7N5/c1-5-2-6(10-9-5)11-3-7-8-4-11/h2-4H,1H3,(H,9,10). The zero-order valence-corrected chi connectivity index (χ0v) is 6.02. The first-order valence-corrected chi connectivity index (χ1v) is 3.23. The molecule has 0 atom stereocenters. The van der Waals surface area contributed by atoms with Crippen LogP contribution in [0.2, 0.25) is 0 Å². The van der Waals surface area contributed by atoms with Crippen LogP contribution in [-0.4, -0.2) is 25.0 Å². The minimum absolute atomic E-state index is 0.813. The van der Waals surface area contributed by atoms with Gasteiger partial charge in [0, 0.05) is 11.8 Å². The molecule has 0 saturated carbocycles. The second kappa shape index (κ2) is 2.19. The summed E-state index contributed by atoms with van der Waals surface area (Å²) in [5.41, 5.74) is 1.02. The quantitative estimate of drug-likeness (QED) is 0.634. The van der Waals surface area contributed by atoms with E-state index in [0.717, 1.165) is 11.5 Å². The van der Waals surface area contributed by atoms with Crippen molar-refractivity contribution in [3.63, 3.8) is 0 Å². The van der Waals surface area contributed by atoms with E-state index in [4.69, 9.17) is 0 Å². The van der Waals surface area contributed by atoms with Crippen LogP contribution in [0.4, 0.5) is 0 Å². The second-order valence-electron chi connectivity index (χ2n) is 2.28. The fourth-order valence-corrected chi connectivity index (χ4v) is 0.855. The van der Waals surface area contributed by atoms with E-state index in [0.29, 0.717) is 0 Å². The molecule has 0 radical (unpaired) electrons. The third-order valence-electron chi connectivity index (χ3n) is 1.38. The zero-order chi connectivity index (χ0) is 7.68. The molecule has 2 heterocycles. The van der Waals surface area contributed by atoms with Crippen LogP contribution in [0, 0.1) is 6.92 Å². The van der Waals surface area contributed by atoms with Crippen molar-refractivity contribution >= 4 is 0 Å². The number of rotatable bonds is 1. The van der Waals surface area contributed by atoms with E-state index in [9.17, 15) is 0 Å². The van der Waals surface area contributed by atoms with Crippen LogP contribution < -0.4 is 0 Å². The Hall–Kier alpha value is -1.65. The van der Waals surface area contributed by atoms with E-state index in [2.05, 4.69) is 20.4 Å². The highest BCUT2D eigenvalue weighted by atomic mass is 15.3. The molecule has 56 valence electrons. The average Bonchev–Trinajstić information content (AvgIpc) is 2.55. The Labute approximate surface area is 63.1 Å². The maximum Gasteiger partial charge on any atom is 0.161 e. The summed E-state index contributed by atoms with van der Waals surface area (Å²) in [6, 6.07) is 1.92. The molecule has 11 heavy (non-hydrogen) atoms. The maximum atomic E-state index is 4.02. The minimum atomic E-state index is 0.813. The molecule has 0 aliphatic heterocycles. The molecule has 5 nitrogen and oxygen atoms in total. The van der Waals surface area contributed by atoms with Crippen LogP contribution in [0.3, 0.4) is 0 Å². The third kappa shape index (κ3) is 1.000. The van der Waals surface area contributed by atoms with E-state index in [1.165, 1.54) is 0 Å². The molecule has 0 fully saturated rings. The Morgan fingerprint density at radius 1 is 1.36 bits per heavy atom. The molecule has 0 unspecified atom stereocenters. The smallest absolute Gasteiger partial charge is 0.161 e. The summed E-state index contributed by atoms with van der Waals surface area (Å²) in [4.78, 5) is 0. The lowest BCUT2D eigenvalue weighted by Gasteiger charge is -1.89. The molecular formula is C6H7N5. The van der Waals surface area contributed by atoms with Gasteiger partial charge in [-0.15, -0.1) is 10.2 Å². The number of aryl methyl sites for hydroxylation is 1. The van der Waals surface area contributed by atoms with Gasteiger partial charge in [0.1, 0.15) is 12.7 Å². The zero-order valence-electron chi connectivity index (χ0n) is 6.02. The Balaban J connectivity index is 2.45. The van der Waals surface area contributed by atoms with Crippen molar-refractivity contribution in [1.82, 2.24) is 25.0 Å². The molecule has 0 aliphatic rings. The van der Waals surface area contributed by atoms with Crippen LogP contribution in [0.1, 0.15) is 5.69 Å². The van der Waals surface area contributed by atoms with Crippen LogP contribution in [0.25, 0.3) is 5.82 Å². The molecule has 2 aromatic rings. The molecule has 2 aromatic heterocycles. The highest BCUT2D eigenvalue weighted by molar-refractivity contribution is 5.21. The summed E-state index contributed by atoms with van der Waals surface area (Å²) in [6.07, 6.45) is 3.21. The highest BCUT2D eigenvalue weighted by Crippen LogP contribution is 2.02. The lowest BCUT2D eigenvalue weighted by Crippen LogP contribution is -1.88. The monoisotopic (exact) mass is 149 g/mol. The van der Waals surface area contributed by atoms with Gasteiger partial charge in [0.15, 0.2) is 5.82 Å². The highest BCUT2D eigenvalue weighted by Gasteiger charge is 1.98. The number of hydrogen-bond acceptors (Lipinski definition) is 3. The first kappa shape index (κ1) is 6.09. The molecule has 0 saturated heterocycles. The van der Waals surface area contributed by atoms with Gasteiger partial charge in [-0.05, 0) is 6.92 Å². The van der Waals surface area contributed by atoms with Crippen LogP contribution >= 0.6 is 0 Å². The number of aromatic nitrogens is 5. The van der Waals surface area contributed by atoms with Crippen molar-refractivity contribution in [2.45, 2.75) is 6.92 Å². The molecule has 2 rings (SSSR count). The Morgan fingerprint density at radius 3 is 2.64 bits per heavy atom. The number of nitrogens with zero attached hydrogens (tertiary/aromatic N) is 4. The molecular weight excluding hydrogens is 142 g/mol. The lowest BCUT2D eigenvalue weighted by molar-refractivity contribution is 0.946. The summed E-state index contributed by atoms with van der Waals surface area (Å²) in [5, 5.41) is 14.2. The third-order valence-corrected chi connectivity index (χ3v) is 1.38. The van der Waals surface area contributed by atoms with E-state index < -0.39 is 0 Å². The average molecular weight is 149 g/mol. The van der Waals surface area contributed by atoms with E-state index in [-0.39, 0.29) is 0 Å². The van der Waals surface area contributed by atoms with Gasteiger partial charge in [0.05, 0.1) is 0 Å². The molecule has 0 spiro atoms. The van der Waals surface area contributed by atoms with Crippen LogP contribution in [-0.2, 0) is 0 Å². The van der Waals surface area contributed by atoms with E-state index in [1.807, 2.05) is 13.0 Å². The Kier molecular flexibility index (Phi) is 1.21. The van der Waals surface area contributed by atoms with Crippen molar-refractivity contribution in [3.05, 3.63) is 24.4 Å². The van der Waals surface area contributed by atoms with Crippen molar-refractivity contribution in [2.24, 2.45) is 0 Å². The van der Waals surface area contributed by atoms with Gasteiger partial charge < -0.3 is 0 Å². The molecule has 0 bridgehead atoms. The van der Waals surface area contributed by atoms with Gasteiger partial charge in [-0.2, -0.15) is 5.10 Å². The summed E-state index contributed by atoms with van der Waals surface area (Å²) in [5.74, 6) is 0.813. The number of H-pyrrole nitrogens is 1. The van der Waals surface area contributed by atoms with Gasteiger partial charge in [-0.25, -0.2) is 0 Å². The molecule has 0 aliphatic carbocycles. The molecule has 5 heteroatoms. The van der Waals surface area contributed by atoms with E-state index in [1.54, 1.807) is 17.2 Å². The second-order valence-corrected chi connectivity index (χ2v) is 2.28. The Bertz CT molecular complexity index is 333. The normalized spacial score (nSPS) is 10.3. The number of aromatic amines is 1. The topological polar surface area (TPSA) is 59.4 Å². The van der Waals surface area contributed by atoms with Crippen molar-refractivity contribution in [3.8, 4) is 5.82 Å². The summed E-state index contributed by atoms with van der Waals surface area (Å²) < 4.78 is 1.74. The largest absolute Gasteiger partial charge is 0.281 e. The van der Waals surface area contributed by atoms with Gasteiger partial charge in [0.25, 0.3) is 0 Å². The van der Waals surface area contributed by atoms with Gasteiger partial charge in [-0.3, -0.25) is 9.67 Å². The Morgan fingerprint density at radius 2 is 2.09 bits per heavy atom. The fraction of sp³-hybridized carbons (Fsp3) is 0.167. The van der Waals surface area contributed by atoms with Crippen LogP contribution in [0.5, 0.6) is 0 Å². The molecule has 0 aromatic carbocycles. The number of nitrogens with one attached hydrogen (secondary N) is 1. The van der Waals surface area contributed by atoms with Gasteiger partial charge >= 0.3 is 0 Å². The predicted molar refractivity (Wildman–Crippen MR) is 38.2 cm³/mol. The first-order chi connectivity index (χ1) is 5.36. The van der Waals surface area contributed by atoms with Gasteiger partial charge in [-0.1, -0.05) is 0 Å². The van der Waals surface area contributed by atoms with Crippen LogP contribution in [0.15, 0.2) is 18.7 Å². The molecule has 1 N–H and O–H groups in total. The number of hydrogen-bond donors (Lipinski definition) is 1. The van der Waals surface area contributed by atoms with Crippen molar-refractivity contribution in [1.29, 1.82) is 0 Å². The summed E-state index contributed by atoms with van der Waals surface area (Å²) in [7, 11) is 0. The van der Waals surface area contributed by atoms with Crippen molar-refractivity contribution in [2.75, 3.05) is 0 Å². The SMILES string of the molecule is Cc1cc(-n2cnnc2)n[nH]1. The van der Waals surface area contributed by atoms with Crippen molar-refractivity contribution < 1.29 is 0 Å². The fourth-order valence-electron chi connectivity index (χ4n) is 0.855. The van der Waals surface area contributed by atoms with Gasteiger partial charge in [0.2, 0.25) is 0 Å². The lowest BCUT2D eigenvalue weighted by atomic mass is 10.5. The summed E-state index contributed by atoms with van der Waals surface area (Å²) >= 11 is 0. The molecule has 0 amide bonds.